The zero-order chi connectivity index (χ0) is 21.0. The summed E-state index contributed by atoms with van der Waals surface area (Å²) in [5, 5.41) is 5.97. The van der Waals surface area contributed by atoms with Gasteiger partial charge in [0.25, 0.3) is 5.56 Å². The van der Waals surface area contributed by atoms with E-state index in [1.54, 1.807) is 0 Å². The largest absolute Gasteiger partial charge is 0.430 e. The van der Waals surface area contributed by atoms with Crippen molar-refractivity contribution >= 4 is 13.4 Å². The second kappa shape index (κ2) is 8.60. The molecule has 0 spiro atoms. The molecule has 1 aliphatic heterocycles. The molecule has 1 aliphatic rings. The standard InChI is InChI=1S/C15H18N7O6P/c1-9-7-22(15(24)18-14(9)23)13-6-11(19-21-16)12(28-13)8-27-29(25,26)20-10-2-4-17-5-3-10/h2-5,7,11-13H,6,8H2,1H3,(H,18,23,24)(H2,17,20,25,26)/t11-,12+,13+/m0/s1. The van der Waals surface area contributed by atoms with Gasteiger partial charge >= 0.3 is 13.4 Å². The number of aromatic nitrogens is 3. The highest BCUT2D eigenvalue weighted by atomic mass is 31.2. The van der Waals surface area contributed by atoms with Gasteiger partial charge < -0.3 is 9.63 Å². The number of nitrogens with one attached hydrogen (secondary N) is 2. The van der Waals surface area contributed by atoms with Gasteiger partial charge in [0, 0.05) is 41.2 Å². The minimum Gasteiger partial charge on any atom is -0.352 e. The monoisotopic (exact) mass is 423 g/mol. The minimum absolute atomic E-state index is 0.122. The third kappa shape index (κ3) is 5.11. The van der Waals surface area contributed by atoms with E-state index in [1.807, 2.05) is 0 Å². The minimum atomic E-state index is -4.24. The Hall–Kier alpha value is -2.95. The molecule has 3 heterocycles. The Morgan fingerprint density at radius 2 is 2.24 bits per heavy atom. The van der Waals surface area contributed by atoms with Crippen molar-refractivity contribution < 1.29 is 18.7 Å². The van der Waals surface area contributed by atoms with E-state index in [-0.39, 0.29) is 13.0 Å². The Balaban J connectivity index is 1.72. The highest BCUT2D eigenvalue weighted by Gasteiger charge is 2.38. The van der Waals surface area contributed by atoms with Crippen LogP contribution < -0.4 is 16.3 Å². The number of anilines is 1. The fourth-order valence-electron chi connectivity index (χ4n) is 2.82. The summed E-state index contributed by atoms with van der Waals surface area (Å²) in [6.45, 7) is 1.16. The van der Waals surface area contributed by atoms with Crippen LogP contribution in [-0.2, 0) is 13.8 Å². The van der Waals surface area contributed by atoms with E-state index in [1.165, 1.54) is 42.2 Å². The summed E-state index contributed by atoms with van der Waals surface area (Å²) in [6.07, 6.45) is 2.62. The lowest BCUT2D eigenvalue weighted by molar-refractivity contribution is -0.0237. The van der Waals surface area contributed by atoms with Crippen molar-refractivity contribution in [2.75, 3.05) is 11.7 Å². The highest BCUT2D eigenvalue weighted by Crippen LogP contribution is 2.43. The van der Waals surface area contributed by atoms with Crippen molar-refractivity contribution in [1.29, 1.82) is 0 Å². The van der Waals surface area contributed by atoms with Gasteiger partial charge in [-0.2, -0.15) is 0 Å². The van der Waals surface area contributed by atoms with E-state index in [2.05, 4.69) is 25.1 Å². The van der Waals surface area contributed by atoms with Crippen LogP contribution in [0.25, 0.3) is 10.4 Å². The topological polar surface area (TPSA) is 184 Å². The maximum absolute atomic E-state index is 12.2. The summed E-state index contributed by atoms with van der Waals surface area (Å²) in [7, 11) is -4.24. The Bertz CT molecular complexity index is 1080. The smallest absolute Gasteiger partial charge is 0.352 e. The predicted molar refractivity (Wildman–Crippen MR) is 101 cm³/mol. The lowest BCUT2D eigenvalue weighted by atomic mass is 10.1. The van der Waals surface area contributed by atoms with Gasteiger partial charge in [-0.05, 0) is 24.6 Å². The molecule has 1 unspecified atom stereocenters. The van der Waals surface area contributed by atoms with E-state index >= 15 is 0 Å². The fourth-order valence-corrected chi connectivity index (χ4v) is 3.71. The Morgan fingerprint density at radius 1 is 1.52 bits per heavy atom. The lowest BCUT2D eigenvalue weighted by Gasteiger charge is -2.19. The van der Waals surface area contributed by atoms with Crippen LogP contribution in [0.4, 0.5) is 5.69 Å². The van der Waals surface area contributed by atoms with Crippen molar-refractivity contribution in [2.24, 2.45) is 5.11 Å². The van der Waals surface area contributed by atoms with Crippen LogP contribution in [0.5, 0.6) is 0 Å². The van der Waals surface area contributed by atoms with Gasteiger partial charge in [-0.25, -0.2) is 9.36 Å². The van der Waals surface area contributed by atoms with Crippen LogP contribution in [0.1, 0.15) is 18.2 Å². The van der Waals surface area contributed by atoms with Crippen LogP contribution >= 0.6 is 7.75 Å². The molecule has 13 nitrogen and oxygen atoms in total. The molecule has 4 atom stereocenters. The Morgan fingerprint density at radius 3 is 2.93 bits per heavy atom. The molecule has 14 heteroatoms. The van der Waals surface area contributed by atoms with Crippen molar-refractivity contribution in [3.8, 4) is 0 Å². The van der Waals surface area contributed by atoms with Crippen molar-refractivity contribution in [3.63, 3.8) is 0 Å². The number of H-pyrrole nitrogens is 1. The van der Waals surface area contributed by atoms with Gasteiger partial charge in [0.15, 0.2) is 0 Å². The molecular weight excluding hydrogens is 405 g/mol. The molecular formula is C15H18N7O6P. The summed E-state index contributed by atoms with van der Waals surface area (Å²) in [4.78, 5) is 42.3. The van der Waals surface area contributed by atoms with Crippen LogP contribution in [-0.4, -0.2) is 38.2 Å². The maximum Gasteiger partial charge on any atom is 0.430 e. The zero-order valence-electron chi connectivity index (χ0n) is 15.2. The van der Waals surface area contributed by atoms with Gasteiger partial charge in [0.2, 0.25) is 0 Å². The predicted octanol–water partition coefficient (Wildman–Crippen LogP) is 1.44. The third-order valence-electron chi connectivity index (χ3n) is 4.22. The molecule has 2 aromatic heterocycles. The third-order valence-corrected chi connectivity index (χ3v) is 5.26. The molecule has 0 radical (unpaired) electrons. The van der Waals surface area contributed by atoms with E-state index in [0.717, 1.165) is 0 Å². The van der Waals surface area contributed by atoms with Gasteiger partial charge in [-0.1, -0.05) is 5.11 Å². The summed E-state index contributed by atoms with van der Waals surface area (Å²) in [6, 6.07) is 2.23. The summed E-state index contributed by atoms with van der Waals surface area (Å²) >= 11 is 0. The van der Waals surface area contributed by atoms with E-state index in [9.17, 15) is 19.0 Å². The number of pyridine rings is 1. The molecule has 29 heavy (non-hydrogen) atoms. The Kier molecular flexibility index (Phi) is 6.16. The molecule has 1 saturated heterocycles. The Labute approximate surface area is 163 Å². The molecule has 0 aliphatic carbocycles. The molecule has 154 valence electrons. The highest BCUT2D eigenvalue weighted by molar-refractivity contribution is 7.54. The van der Waals surface area contributed by atoms with Crippen LogP contribution in [0.15, 0.2) is 45.4 Å². The first-order valence-electron chi connectivity index (χ1n) is 8.46. The normalized spacial score (nSPS) is 23.2. The molecule has 0 aromatic carbocycles. The second-order valence-electron chi connectivity index (χ2n) is 6.28. The first kappa shape index (κ1) is 20.8. The molecule has 0 bridgehead atoms. The quantitative estimate of drug-likeness (QED) is 0.258. The number of rotatable bonds is 7. The molecule has 0 amide bonds. The molecule has 2 aromatic rings. The summed E-state index contributed by atoms with van der Waals surface area (Å²) in [5.41, 5.74) is 8.22. The number of nitrogens with zero attached hydrogens (tertiary/aromatic N) is 5. The van der Waals surface area contributed by atoms with E-state index in [4.69, 9.17) is 14.8 Å². The SMILES string of the molecule is Cc1cn([C@H]2C[C@H](N=[N+]=[N-])[C@@H](COP(=O)(O)Nc3ccncc3)O2)c(=O)[nH]c1=O. The fraction of sp³-hybridized carbons (Fsp3) is 0.400. The first-order valence-corrected chi connectivity index (χ1v) is 10.0. The van der Waals surface area contributed by atoms with Gasteiger partial charge in [0.1, 0.15) is 6.23 Å². The van der Waals surface area contributed by atoms with Crippen LogP contribution in [0.2, 0.25) is 0 Å². The maximum atomic E-state index is 12.2. The number of hydrogen-bond acceptors (Lipinski definition) is 7. The second-order valence-corrected chi connectivity index (χ2v) is 7.80. The number of aromatic amines is 1. The molecule has 0 saturated carbocycles. The zero-order valence-corrected chi connectivity index (χ0v) is 16.1. The van der Waals surface area contributed by atoms with Crippen molar-refractivity contribution in [3.05, 3.63) is 67.6 Å². The van der Waals surface area contributed by atoms with Crippen LogP contribution in [0.3, 0.4) is 0 Å². The summed E-state index contributed by atoms with van der Waals surface area (Å²) < 4.78 is 24.2. The summed E-state index contributed by atoms with van der Waals surface area (Å²) in [5.74, 6) is 0. The molecule has 1 fully saturated rings. The van der Waals surface area contributed by atoms with E-state index in [0.29, 0.717) is 11.3 Å². The molecule has 3 rings (SSSR count). The van der Waals surface area contributed by atoms with Gasteiger partial charge in [-0.15, -0.1) is 0 Å². The number of ether oxygens (including phenoxy) is 1. The average Bonchev–Trinajstić information content (AvgIpc) is 3.06. The number of azide groups is 1. The average molecular weight is 423 g/mol. The molecule has 3 N–H and O–H groups in total. The van der Waals surface area contributed by atoms with Crippen molar-refractivity contribution in [2.45, 2.75) is 31.7 Å². The lowest BCUT2D eigenvalue weighted by Crippen LogP contribution is -2.33. The van der Waals surface area contributed by atoms with Crippen LogP contribution in [0, 0.1) is 6.92 Å². The first-order chi connectivity index (χ1) is 13.8. The van der Waals surface area contributed by atoms with Gasteiger partial charge in [0.05, 0.1) is 18.8 Å². The number of aryl methyl sites for hydroxylation is 1. The van der Waals surface area contributed by atoms with Gasteiger partial charge in [-0.3, -0.25) is 28.9 Å². The van der Waals surface area contributed by atoms with Crippen molar-refractivity contribution in [1.82, 2.24) is 14.5 Å². The number of hydrogen-bond donors (Lipinski definition) is 3. The van der Waals surface area contributed by atoms with E-state index < -0.39 is 37.4 Å².